The van der Waals surface area contributed by atoms with E-state index in [2.05, 4.69) is 16.3 Å². The normalized spacial score (nSPS) is 19.6. The fourth-order valence-corrected chi connectivity index (χ4v) is 3.21. The molecule has 1 aliphatic heterocycles. The standard InChI is InChI=1S/C18H23BN2O3S/c1-12(22)25-11-15(19-23-17(2,3)18(4,5)24-19)9-13-6-7-16-14(8-13)10-20-21-16/h6-10H,11H2,1-5H3,(H,20,21). The molecule has 25 heavy (non-hydrogen) atoms. The molecule has 1 N–H and O–H groups in total. The maximum Gasteiger partial charge on any atom is 0.491 e. The molecule has 0 spiro atoms. The van der Waals surface area contributed by atoms with Crippen LogP contribution in [0.25, 0.3) is 17.0 Å². The lowest BCUT2D eigenvalue weighted by atomic mass is 9.78. The Hall–Kier alpha value is -1.57. The van der Waals surface area contributed by atoms with E-state index in [1.54, 1.807) is 13.1 Å². The van der Waals surface area contributed by atoms with E-state index in [9.17, 15) is 4.79 Å². The largest absolute Gasteiger partial charge is 0.491 e. The summed E-state index contributed by atoms with van der Waals surface area (Å²) < 4.78 is 12.3. The first-order chi connectivity index (χ1) is 11.7. The Balaban J connectivity index is 1.92. The van der Waals surface area contributed by atoms with Crippen LogP contribution in [-0.4, -0.2) is 39.4 Å². The summed E-state index contributed by atoms with van der Waals surface area (Å²) in [5.41, 5.74) is 2.15. The molecule has 0 atom stereocenters. The topological polar surface area (TPSA) is 64.2 Å². The summed E-state index contributed by atoms with van der Waals surface area (Å²) >= 11 is 1.27. The summed E-state index contributed by atoms with van der Waals surface area (Å²) in [4.78, 5) is 11.5. The van der Waals surface area contributed by atoms with E-state index in [0.717, 1.165) is 21.9 Å². The Labute approximate surface area is 152 Å². The van der Waals surface area contributed by atoms with Gasteiger partial charge in [-0.15, -0.1) is 0 Å². The SMILES string of the molecule is CC(=O)SCC(=Cc1ccc2[nH]ncc2c1)B1OC(C)(C)C(C)(C)O1. The third-order valence-electron chi connectivity index (χ3n) is 4.81. The van der Waals surface area contributed by atoms with Crippen molar-refractivity contribution in [3.8, 4) is 0 Å². The van der Waals surface area contributed by atoms with E-state index >= 15 is 0 Å². The first-order valence-corrected chi connectivity index (χ1v) is 9.29. The molecule has 3 rings (SSSR count). The second-order valence-corrected chi connectivity index (χ2v) is 8.46. The number of aromatic amines is 1. The number of fused-ring (bicyclic) bond motifs is 1. The van der Waals surface area contributed by atoms with Crippen LogP contribution in [0.2, 0.25) is 0 Å². The monoisotopic (exact) mass is 358 g/mol. The van der Waals surface area contributed by atoms with Gasteiger partial charge in [0, 0.05) is 18.1 Å². The zero-order valence-corrected chi connectivity index (χ0v) is 16.1. The van der Waals surface area contributed by atoms with Crippen LogP contribution in [-0.2, 0) is 14.1 Å². The van der Waals surface area contributed by atoms with Crippen LogP contribution in [0.1, 0.15) is 40.2 Å². The highest BCUT2D eigenvalue weighted by molar-refractivity contribution is 8.13. The van der Waals surface area contributed by atoms with Crippen molar-refractivity contribution >= 4 is 41.0 Å². The Morgan fingerprint density at radius 3 is 2.60 bits per heavy atom. The smallest absolute Gasteiger partial charge is 0.400 e. The van der Waals surface area contributed by atoms with Gasteiger partial charge in [-0.05, 0) is 50.9 Å². The third-order valence-corrected chi connectivity index (χ3v) is 5.70. The van der Waals surface area contributed by atoms with Gasteiger partial charge in [0.05, 0.1) is 22.9 Å². The van der Waals surface area contributed by atoms with Crippen molar-refractivity contribution in [1.29, 1.82) is 0 Å². The number of thioether (sulfide) groups is 1. The number of hydrogen-bond acceptors (Lipinski definition) is 5. The summed E-state index contributed by atoms with van der Waals surface area (Å²) in [6, 6.07) is 6.07. The van der Waals surface area contributed by atoms with Gasteiger partial charge in [0.15, 0.2) is 5.12 Å². The van der Waals surface area contributed by atoms with Crippen LogP contribution in [0, 0.1) is 0 Å². The third kappa shape index (κ3) is 3.83. The minimum atomic E-state index is -0.461. The Kier molecular flexibility index (Phi) is 4.83. The van der Waals surface area contributed by atoms with Gasteiger partial charge >= 0.3 is 7.12 Å². The molecule has 0 unspecified atom stereocenters. The molecule has 0 radical (unpaired) electrons. The first kappa shape index (κ1) is 18.2. The van der Waals surface area contributed by atoms with Crippen LogP contribution in [0.4, 0.5) is 0 Å². The Morgan fingerprint density at radius 1 is 1.28 bits per heavy atom. The lowest BCUT2D eigenvalue weighted by molar-refractivity contribution is -0.109. The van der Waals surface area contributed by atoms with E-state index in [1.807, 2.05) is 45.9 Å². The predicted octanol–water partition coefficient (Wildman–Crippen LogP) is 3.86. The van der Waals surface area contributed by atoms with Gasteiger partial charge in [0.25, 0.3) is 0 Å². The van der Waals surface area contributed by atoms with Crippen LogP contribution in [0.3, 0.4) is 0 Å². The predicted molar refractivity (Wildman–Crippen MR) is 103 cm³/mol. The van der Waals surface area contributed by atoms with Gasteiger partial charge < -0.3 is 9.31 Å². The summed E-state index contributed by atoms with van der Waals surface area (Å²) in [6.45, 7) is 9.69. The number of nitrogens with zero attached hydrogens (tertiary/aromatic N) is 1. The number of benzene rings is 1. The molecule has 7 heteroatoms. The molecule has 2 aromatic rings. The summed E-state index contributed by atoms with van der Waals surface area (Å²) in [5, 5.41) is 8.12. The number of carbonyl (C=O) groups is 1. The number of rotatable bonds is 4. The van der Waals surface area contributed by atoms with Gasteiger partial charge in [-0.3, -0.25) is 9.89 Å². The molecule has 2 heterocycles. The van der Waals surface area contributed by atoms with Crippen molar-refractivity contribution in [1.82, 2.24) is 10.2 Å². The van der Waals surface area contributed by atoms with E-state index in [1.165, 1.54) is 11.8 Å². The molecule has 1 fully saturated rings. The van der Waals surface area contributed by atoms with Crippen molar-refractivity contribution in [2.75, 3.05) is 5.75 Å². The van der Waals surface area contributed by atoms with Gasteiger partial charge in [0.1, 0.15) is 0 Å². The maximum absolute atomic E-state index is 11.5. The Morgan fingerprint density at radius 2 is 1.96 bits per heavy atom. The highest BCUT2D eigenvalue weighted by Gasteiger charge is 2.52. The lowest BCUT2D eigenvalue weighted by Crippen LogP contribution is -2.41. The van der Waals surface area contributed by atoms with Gasteiger partial charge in [0.2, 0.25) is 0 Å². The summed E-state index contributed by atoms with van der Waals surface area (Å²) in [6.07, 6.45) is 3.84. The molecule has 0 bridgehead atoms. The van der Waals surface area contributed by atoms with Gasteiger partial charge in [-0.25, -0.2) is 0 Å². The molecule has 1 aromatic carbocycles. The molecule has 0 amide bonds. The van der Waals surface area contributed by atoms with Crippen molar-refractivity contribution in [3.63, 3.8) is 0 Å². The number of hydrogen-bond donors (Lipinski definition) is 1. The fraction of sp³-hybridized carbons (Fsp3) is 0.444. The molecule has 0 aliphatic carbocycles. The quantitative estimate of drug-likeness (QED) is 0.841. The average Bonchev–Trinajstić information content (AvgIpc) is 3.05. The number of H-pyrrole nitrogens is 1. The molecule has 5 nitrogen and oxygen atoms in total. The van der Waals surface area contributed by atoms with Crippen molar-refractivity contribution in [2.24, 2.45) is 0 Å². The summed E-state index contributed by atoms with van der Waals surface area (Å²) in [5.74, 6) is 0.537. The molecule has 0 saturated carbocycles. The van der Waals surface area contributed by atoms with Crippen molar-refractivity contribution in [3.05, 3.63) is 35.4 Å². The molecule has 1 aliphatic rings. The second kappa shape index (κ2) is 6.63. The average molecular weight is 358 g/mol. The van der Waals surface area contributed by atoms with Gasteiger partial charge in [-0.2, -0.15) is 5.10 Å². The van der Waals surface area contributed by atoms with Crippen molar-refractivity contribution in [2.45, 2.75) is 45.8 Å². The number of nitrogens with one attached hydrogen (secondary N) is 1. The molecular formula is C18H23BN2O3S. The minimum absolute atomic E-state index is 0.0766. The van der Waals surface area contributed by atoms with E-state index < -0.39 is 18.3 Å². The zero-order valence-electron chi connectivity index (χ0n) is 15.3. The molecule has 1 aromatic heterocycles. The van der Waals surface area contributed by atoms with E-state index in [0.29, 0.717) is 5.75 Å². The van der Waals surface area contributed by atoms with Gasteiger partial charge in [-0.1, -0.05) is 23.9 Å². The first-order valence-electron chi connectivity index (χ1n) is 8.30. The van der Waals surface area contributed by atoms with Crippen LogP contribution in [0.15, 0.2) is 29.9 Å². The Bertz CT molecular complexity index is 813. The molecular weight excluding hydrogens is 335 g/mol. The number of carbonyl (C=O) groups excluding carboxylic acids is 1. The molecule has 1 saturated heterocycles. The van der Waals surface area contributed by atoms with E-state index in [4.69, 9.17) is 9.31 Å². The lowest BCUT2D eigenvalue weighted by Gasteiger charge is -2.32. The number of aromatic nitrogens is 2. The van der Waals surface area contributed by atoms with E-state index in [-0.39, 0.29) is 5.12 Å². The van der Waals surface area contributed by atoms with Crippen LogP contribution < -0.4 is 0 Å². The zero-order chi connectivity index (χ0) is 18.2. The summed E-state index contributed by atoms with van der Waals surface area (Å²) in [7, 11) is -0.461. The van der Waals surface area contributed by atoms with Crippen molar-refractivity contribution < 1.29 is 14.1 Å². The fourth-order valence-electron chi connectivity index (χ4n) is 2.62. The van der Waals surface area contributed by atoms with Crippen LogP contribution in [0.5, 0.6) is 0 Å². The maximum atomic E-state index is 11.5. The molecule has 132 valence electrons. The van der Waals surface area contributed by atoms with Crippen LogP contribution >= 0.6 is 11.8 Å². The minimum Gasteiger partial charge on any atom is -0.400 e. The highest BCUT2D eigenvalue weighted by atomic mass is 32.2. The highest BCUT2D eigenvalue weighted by Crippen LogP contribution is 2.39. The second-order valence-electron chi connectivity index (χ2n) is 7.30.